The quantitative estimate of drug-likeness (QED) is 0.321. The second-order valence-corrected chi connectivity index (χ2v) is 13.7. The van der Waals surface area contributed by atoms with Gasteiger partial charge in [-0.1, -0.05) is 51.1 Å². The Kier molecular flexibility index (Phi) is 11.3. The molecule has 3 aromatic carbocycles. The first-order valence-electron chi connectivity index (χ1n) is 15.8. The lowest BCUT2D eigenvalue weighted by molar-refractivity contribution is 0.0689. The number of methoxy groups -OCH3 is 1. The molecule has 1 aliphatic rings. The van der Waals surface area contributed by atoms with Gasteiger partial charge in [-0.05, 0) is 92.1 Å². The third-order valence-electron chi connectivity index (χ3n) is 8.09. The zero-order valence-electron chi connectivity index (χ0n) is 27.6. The highest BCUT2D eigenvalue weighted by molar-refractivity contribution is 5.99. The number of amides is 2. The first-order chi connectivity index (χ1) is 21.3. The highest BCUT2D eigenvalue weighted by Crippen LogP contribution is 2.25. The fraction of sp³-hybridized carbons (Fsp3) is 0.459. The molecule has 3 aromatic rings. The summed E-state index contributed by atoms with van der Waals surface area (Å²) in [5, 5.41) is 18.1. The summed E-state index contributed by atoms with van der Waals surface area (Å²) >= 11 is 0. The molecule has 1 heterocycles. The number of carbonyl (C=O) groups excluding carboxylic acids is 2. The fourth-order valence-electron chi connectivity index (χ4n) is 5.56. The summed E-state index contributed by atoms with van der Waals surface area (Å²) in [6.07, 6.45) is 1.07. The predicted octanol–water partition coefficient (Wildman–Crippen LogP) is 5.58. The molecule has 0 spiro atoms. The van der Waals surface area contributed by atoms with Crippen molar-refractivity contribution in [2.24, 2.45) is 5.41 Å². The summed E-state index contributed by atoms with van der Waals surface area (Å²) in [5.74, 6) is 1.05. The van der Waals surface area contributed by atoms with Gasteiger partial charge in [-0.25, -0.2) is 0 Å². The molecule has 0 saturated heterocycles. The Morgan fingerprint density at radius 1 is 0.978 bits per heavy atom. The van der Waals surface area contributed by atoms with Gasteiger partial charge in [0.2, 0.25) is 0 Å². The number of aliphatic hydroxyl groups excluding tert-OH is 1. The van der Waals surface area contributed by atoms with E-state index in [2.05, 4.69) is 31.4 Å². The first-order valence-corrected chi connectivity index (χ1v) is 15.8. The van der Waals surface area contributed by atoms with Crippen molar-refractivity contribution < 1.29 is 24.2 Å². The van der Waals surface area contributed by atoms with Crippen LogP contribution in [-0.4, -0.2) is 67.3 Å². The summed E-state index contributed by atoms with van der Waals surface area (Å²) in [6, 6.07) is 21.9. The second kappa shape index (κ2) is 14.9. The van der Waals surface area contributed by atoms with Gasteiger partial charge in [0, 0.05) is 36.3 Å². The zero-order chi connectivity index (χ0) is 32.6. The largest absolute Gasteiger partial charge is 0.497 e. The van der Waals surface area contributed by atoms with E-state index >= 15 is 0 Å². The molecular formula is C37H49N3O5. The van der Waals surface area contributed by atoms with Gasteiger partial charge in [0.15, 0.2) is 0 Å². The summed E-state index contributed by atoms with van der Waals surface area (Å²) in [4.78, 5) is 29.2. The van der Waals surface area contributed by atoms with Crippen molar-refractivity contribution >= 4 is 11.8 Å². The maximum Gasteiger partial charge on any atom is 0.253 e. The minimum Gasteiger partial charge on any atom is -0.497 e. The third-order valence-corrected chi connectivity index (χ3v) is 8.09. The Balaban J connectivity index is 1.61. The van der Waals surface area contributed by atoms with Crippen LogP contribution in [0.5, 0.6) is 11.5 Å². The SMILES string of the molecule is COc1cccc(C(C)(C)NC[C@@H](O)[C@@H]2Cc3cccc(c3)OCCCCN(CC(C)(C)C)C(=O)c3cccc(c3)C(=O)N2)c1. The van der Waals surface area contributed by atoms with Crippen LogP contribution in [0.3, 0.4) is 0 Å². The Morgan fingerprint density at radius 3 is 2.47 bits per heavy atom. The number of hydrogen-bond donors (Lipinski definition) is 3. The Hall–Kier alpha value is -3.88. The average molecular weight is 616 g/mol. The number of aliphatic hydroxyl groups is 1. The van der Waals surface area contributed by atoms with Gasteiger partial charge in [-0.15, -0.1) is 0 Å². The molecular weight excluding hydrogens is 566 g/mol. The van der Waals surface area contributed by atoms with Gasteiger partial charge >= 0.3 is 0 Å². The van der Waals surface area contributed by atoms with E-state index in [4.69, 9.17) is 9.47 Å². The normalized spacial score (nSPS) is 17.6. The van der Waals surface area contributed by atoms with Crippen LogP contribution in [0.2, 0.25) is 0 Å². The Morgan fingerprint density at radius 2 is 1.71 bits per heavy atom. The van der Waals surface area contributed by atoms with Crippen molar-refractivity contribution in [1.29, 1.82) is 0 Å². The molecule has 2 amide bonds. The van der Waals surface area contributed by atoms with E-state index in [1.54, 1.807) is 31.4 Å². The summed E-state index contributed by atoms with van der Waals surface area (Å²) in [7, 11) is 1.64. The molecule has 45 heavy (non-hydrogen) atoms. The Bertz CT molecular complexity index is 1450. The number of carbonyl (C=O) groups is 2. The Labute approximate surface area is 268 Å². The standard InChI is InChI=1S/C37H49N3O5/c1-36(2,3)25-40-18-7-8-19-45-31-17-9-12-26(20-31)21-32(39-34(42)27-13-10-14-28(22-27)35(40)43)33(41)24-38-37(4,5)29-15-11-16-30(23-29)44-6/h9-17,20,22-23,32-33,38,41H,7-8,18-19,21,24-25H2,1-6H3,(H,39,42)/t32-,33+/m0/s1. The lowest BCUT2D eigenvalue weighted by Gasteiger charge is -2.31. The van der Waals surface area contributed by atoms with Gasteiger partial charge in [0.1, 0.15) is 11.5 Å². The molecule has 2 atom stereocenters. The van der Waals surface area contributed by atoms with E-state index in [1.165, 1.54) is 0 Å². The molecule has 4 bridgehead atoms. The van der Waals surface area contributed by atoms with Crippen LogP contribution in [0.15, 0.2) is 72.8 Å². The first kappa shape index (κ1) is 34.0. The topological polar surface area (TPSA) is 100 Å². The van der Waals surface area contributed by atoms with Crippen molar-refractivity contribution in [3.8, 4) is 11.5 Å². The molecule has 8 heteroatoms. The average Bonchev–Trinajstić information content (AvgIpc) is 3.01. The molecule has 3 N–H and O–H groups in total. The van der Waals surface area contributed by atoms with E-state index in [-0.39, 0.29) is 23.8 Å². The number of hydrogen-bond acceptors (Lipinski definition) is 6. The van der Waals surface area contributed by atoms with Crippen molar-refractivity contribution in [1.82, 2.24) is 15.5 Å². The molecule has 0 saturated carbocycles. The summed E-state index contributed by atoms with van der Waals surface area (Å²) in [6.45, 7) is 12.4. The second-order valence-electron chi connectivity index (χ2n) is 13.7. The van der Waals surface area contributed by atoms with Crippen molar-refractivity contribution in [2.45, 2.75) is 71.6 Å². The van der Waals surface area contributed by atoms with E-state index in [0.717, 1.165) is 35.5 Å². The molecule has 8 nitrogen and oxygen atoms in total. The van der Waals surface area contributed by atoms with Crippen LogP contribution in [0.1, 0.15) is 79.3 Å². The van der Waals surface area contributed by atoms with Crippen LogP contribution in [0.4, 0.5) is 0 Å². The van der Waals surface area contributed by atoms with Gasteiger partial charge in [-0.2, -0.15) is 0 Å². The van der Waals surface area contributed by atoms with Crippen LogP contribution >= 0.6 is 0 Å². The molecule has 0 radical (unpaired) electrons. The molecule has 242 valence electrons. The van der Waals surface area contributed by atoms with E-state index in [0.29, 0.717) is 37.2 Å². The number of nitrogens with zero attached hydrogens (tertiary/aromatic N) is 1. The highest BCUT2D eigenvalue weighted by Gasteiger charge is 2.28. The minimum absolute atomic E-state index is 0.0844. The summed E-state index contributed by atoms with van der Waals surface area (Å²) < 4.78 is 11.5. The number of rotatable bonds is 7. The maximum absolute atomic E-state index is 13.7. The number of benzene rings is 3. The lowest BCUT2D eigenvalue weighted by atomic mass is 9.93. The van der Waals surface area contributed by atoms with Gasteiger partial charge in [-0.3, -0.25) is 9.59 Å². The van der Waals surface area contributed by atoms with Crippen LogP contribution < -0.4 is 20.1 Å². The zero-order valence-corrected chi connectivity index (χ0v) is 27.6. The van der Waals surface area contributed by atoms with Crippen LogP contribution in [0, 0.1) is 5.41 Å². The number of nitrogens with one attached hydrogen (secondary N) is 2. The number of fused-ring (bicyclic) bond motifs is 4. The molecule has 0 fully saturated rings. The van der Waals surface area contributed by atoms with Gasteiger partial charge in [0.25, 0.3) is 11.8 Å². The van der Waals surface area contributed by atoms with Crippen molar-refractivity contribution in [2.75, 3.05) is 33.4 Å². The van der Waals surface area contributed by atoms with Crippen molar-refractivity contribution in [3.63, 3.8) is 0 Å². The molecule has 1 aliphatic heterocycles. The monoisotopic (exact) mass is 615 g/mol. The third kappa shape index (κ3) is 9.80. The number of ether oxygens (including phenoxy) is 2. The van der Waals surface area contributed by atoms with Gasteiger partial charge in [0.05, 0.1) is 25.9 Å². The predicted molar refractivity (Wildman–Crippen MR) is 178 cm³/mol. The minimum atomic E-state index is -0.919. The summed E-state index contributed by atoms with van der Waals surface area (Å²) in [5.41, 5.74) is 2.24. The molecule has 0 aliphatic carbocycles. The van der Waals surface area contributed by atoms with Crippen molar-refractivity contribution in [3.05, 3.63) is 95.1 Å². The molecule has 0 aromatic heterocycles. The molecule has 0 unspecified atom stereocenters. The van der Waals surface area contributed by atoms with Crippen LogP contribution in [0.25, 0.3) is 0 Å². The smallest absolute Gasteiger partial charge is 0.253 e. The van der Waals surface area contributed by atoms with E-state index in [9.17, 15) is 14.7 Å². The lowest BCUT2D eigenvalue weighted by Crippen LogP contribution is -2.51. The highest BCUT2D eigenvalue weighted by atomic mass is 16.5. The fourth-order valence-corrected chi connectivity index (χ4v) is 5.56. The van der Waals surface area contributed by atoms with E-state index < -0.39 is 17.7 Å². The van der Waals surface area contributed by atoms with Gasteiger partial charge < -0.3 is 30.1 Å². The molecule has 4 rings (SSSR count). The van der Waals surface area contributed by atoms with Crippen LogP contribution in [-0.2, 0) is 12.0 Å². The van der Waals surface area contributed by atoms with E-state index in [1.807, 2.05) is 67.3 Å². The maximum atomic E-state index is 13.7.